The molecule has 6 heteroatoms. The van der Waals surface area contributed by atoms with E-state index >= 15 is 0 Å². The van der Waals surface area contributed by atoms with Gasteiger partial charge in [-0.15, -0.1) is 24.8 Å². The van der Waals surface area contributed by atoms with Gasteiger partial charge in [0.05, 0.1) is 6.10 Å². The molecule has 23 heavy (non-hydrogen) atoms. The van der Waals surface area contributed by atoms with Gasteiger partial charge in [0.25, 0.3) is 0 Å². The summed E-state index contributed by atoms with van der Waals surface area (Å²) >= 11 is 0. The minimum absolute atomic E-state index is 0. The highest BCUT2D eigenvalue weighted by Crippen LogP contribution is 2.29. The Hall–Kier alpha value is -0.390. The van der Waals surface area contributed by atoms with Gasteiger partial charge in [-0.2, -0.15) is 0 Å². The van der Waals surface area contributed by atoms with E-state index in [9.17, 15) is 9.50 Å². The van der Waals surface area contributed by atoms with Crippen LogP contribution in [0, 0.1) is 11.7 Å². The first-order valence-corrected chi connectivity index (χ1v) is 8.12. The maximum absolute atomic E-state index is 13.3. The average molecular weight is 365 g/mol. The predicted octanol–water partition coefficient (Wildman–Crippen LogP) is 3.21. The second-order valence-electron chi connectivity index (χ2n) is 6.50. The minimum atomic E-state index is -0.616. The topological polar surface area (TPSA) is 44.3 Å². The Bertz CT molecular complexity index is 472. The van der Waals surface area contributed by atoms with Gasteiger partial charge in [-0.1, -0.05) is 12.1 Å². The highest BCUT2D eigenvalue weighted by molar-refractivity contribution is 5.85. The van der Waals surface area contributed by atoms with Gasteiger partial charge in [0.2, 0.25) is 0 Å². The number of hydrogen-bond donors (Lipinski definition) is 3. The molecule has 0 amide bonds. The first-order valence-electron chi connectivity index (χ1n) is 8.12. The van der Waals surface area contributed by atoms with E-state index in [0.29, 0.717) is 11.6 Å². The zero-order chi connectivity index (χ0) is 14.7. The number of aliphatic hydroxyl groups excluding tert-OH is 1. The van der Waals surface area contributed by atoms with Crippen LogP contribution in [0.15, 0.2) is 24.3 Å². The van der Waals surface area contributed by atoms with Crippen LogP contribution in [0.4, 0.5) is 4.39 Å². The molecule has 3 nitrogen and oxygen atoms in total. The molecular weight excluding hydrogens is 338 g/mol. The maximum Gasteiger partial charge on any atom is 0.123 e. The van der Waals surface area contributed by atoms with Crippen molar-refractivity contribution < 1.29 is 9.50 Å². The molecule has 0 unspecified atom stereocenters. The third-order valence-corrected chi connectivity index (χ3v) is 4.86. The number of benzene rings is 1. The van der Waals surface area contributed by atoms with E-state index in [1.165, 1.54) is 31.4 Å². The molecule has 2 heterocycles. The van der Waals surface area contributed by atoms with Crippen molar-refractivity contribution in [1.82, 2.24) is 10.6 Å². The number of hydrogen-bond acceptors (Lipinski definition) is 3. The molecular formula is C17H27Cl2FN2O. The first kappa shape index (κ1) is 20.7. The average Bonchev–Trinajstić information content (AvgIpc) is 2.96. The van der Waals surface area contributed by atoms with Crippen molar-refractivity contribution in [3.8, 4) is 0 Å². The summed E-state index contributed by atoms with van der Waals surface area (Å²) in [5, 5.41) is 17.4. The molecule has 0 bridgehead atoms. The molecule has 0 saturated carbocycles. The van der Waals surface area contributed by atoms with Crippen LogP contribution in [0.2, 0.25) is 0 Å². The summed E-state index contributed by atoms with van der Waals surface area (Å²) in [6.45, 7) is 2.27. The largest absolute Gasteiger partial charge is 0.387 e. The van der Waals surface area contributed by atoms with Crippen LogP contribution in [-0.2, 0) is 0 Å². The first-order chi connectivity index (χ1) is 10.2. The number of piperidine rings is 1. The number of halogens is 3. The van der Waals surface area contributed by atoms with E-state index in [1.54, 1.807) is 12.1 Å². The lowest BCUT2D eigenvalue weighted by molar-refractivity contribution is 0.133. The molecule has 132 valence electrons. The summed E-state index contributed by atoms with van der Waals surface area (Å²) < 4.78 is 13.3. The van der Waals surface area contributed by atoms with Gasteiger partial charge in [-0.05, 0) is 68.8 Å². The molecule has 1 aromatic carbocycles. The molecule has 3 N–H and O–H groups in total. The molecule has 3 rings (SSSR count). The molecule has 0 aliphatic carbocycles. The highest BCUT2D eigenvalue weighted by atomic mass is 35.5. The lowest BCUT2D eigenvalue weighted by atomic mass is 9.92. The third-order valence-electron chi connectivity index (χ3n) is 4.86. The fourth-order valence-electron chi connectivity index (χ4n) is 3.74. The molecule has 2 fully saturated rings. The third kappa shape index (κ3) is 5.57. The van der Waals surface area contributed by atoms with E-state index in [-0.39, 0.29) is 36.7 Å². The molecule has 0 spiro atoms. The van der Waals surface area contributed by atoms with Crippen molar-refractivity contribution in [3.63, 3.8) is 0 Å². The van der Waals surface area contributed by atoms with Crippen molar-refractivity contribution >= 4 is 24.8 Å². The Morgan fingerprint density at radius 1 is 1.22 bits per heavy atom. The predicted molar refractivity (Wildman–Crippen MR) is 96.0 cm³/mol. The Morgan fingerprint density at radius 2 is 2.04 bits per heavy atom. The summed E-state index contributed by atoms with van der Waals surface area (Å²) in [4.78, 5) is 0. The molecule has 2 aliphatic heterocycles. The van der Waals surface area contributed by atoms with Crippen molar-refractivity contribution in [3.05, 3.63) is 35.6 Å². The maximum atomic E-state index is 13.3. The SMILES string of the molecule is Cl.Cl.O[C@@H](c1cccc(F)c1)[C@H]1CC[C@@H](C[C@@H]2CCCNC2)N1. The molecule has 0 aromatic heterocycles. The fourth-order valence-corrected chi connectivity index (χ4v) is 3.74. The van der Waals surface area contributed by atoms with Gasteiger partial charge in [0, 0.05) is 12.1 Å². The Balaban J connectivity index is 0.00000132. The Kier molecular flexibility index (Phi) is 8.80. The molecule has 2 saturated heterocycles. The quantitative estimate of drug-likeness (QED) is 0.768. The normalized spacial score (nSPS) is 28.5. The standard InChI is InChI=1S/C17H25FN2O.2ClH/c18-14-5-1-4-13(10-14)17(21)16-7-6-15(20-16)9-12-3-2-8-19-11-12;;/h1,4-5,10,12,15-17,19-21H,2-3,6-9,11H2;2*1H/t12-,15-,16+,17-;;/m0../s1. The Morgan fingerprint density at radius 3 is 2.74 bits per heavy atom. The molecule has 1 aromatic rings. The van der Waals surface area contributed by atoms with Crippen LogP contribution in [-0.4, -0.2) is 30.3 Å². The monoisotopic (exact) mass is 364 g/mol. The van der Waals surface area contributed by atoms with Crippen LogP contribution < -0.4 is 10.6 Å². The van der Waals surface area contributed by atoms with E-state index in [1.807, 2.05) is 0 Å². The number of nitrogens with one attached hydrogen (secondary N) is 2. The van der Waals surface area contributed by atoms with Gasteiger partial charge < -0.3 is 15.7 Å². The van der Waals surface area contributed by atoms with Crippen LogP contribution in [0.1, 0.15) is 43.8 Å². The van der Waals surface area contributed by atoms with Crippen molar-refractivity contribution in [1.29, 1.82) is 0 Å². The van der Waals surface area contributed by atoms with Crippen LogP contribution in [0.5, 0.6) is 0 Å². The van der Waals surface area contributed by atoms with Gasteiger partial charge in [-0.25, -0.2) is 4.39 Å². The smallest absolute Gasteiger partial charge is 0.123 e. The van der Waals surface area contributed by atoms with Crippen LogP contribution in [0.3, 0.4) is 0 Å². The second-order valence-corrected chi connectivity index (χ2v) is 6.50. The zero-order valence-corrected chi connectivity index (χ0v) is 14.8. The van der Waals surface area contributed by atoms with Crippen LogP contribution in [0.25, 0.3) is 0 Å². The summed E-state index contributed by atoms with van der Waals surface area (Å²) in [6.07, 6.45) is 5.21. The van der Waals surface area contributed by atoms with E-state index in [2.05, 4.69) is 10.6 Å². The lowest BCUT2D eigenvalue weighted by Crippen LogP contribution is -2.38. The second kappa shape index (κ2) is 9.80. The summed E-state index contributed by atoms with van der Waals surface area (Å²) in [5.74, 6) is 0.468. The van der Waals surface area contributed by atoms with Crippen molar-refractivity contribution in [2.24, 2.45) is 5.92 Å². The van der Waals surface area contributed by atoms with Crippen LogP contribution >= 0.6 is 24.8 Å². The number of aliphatic hydroxyl groups is 1. The number of rotatable bonds is 4. The van der Waals surface area contributed by atoms with Gasteiger partial charge in [-0.3, -0.25) is 0 Å². The summed E-state index contributed by atoms with van der Waals surface area (Å²) in [5.41, 5.74) is 0.674. The highest BCUT2D eigenvalue weighted by Gasteiger charge is 2.31. The Labute approximate surface area is 150 Å². The molecule has 2 aliphatic rings. The fraction of sp³-hybridized carbons (Fsp3) is 0.647. The van der Waals surface area contributed by atoms with Crippen molar-refractivity contribution in [2.45, 2.75) is 50.3 Å². The van der Waals surface area contributed by atoms with E-state index < -0.39 is 6.10 Å². The van der Waals surface area contributed by atoms with Gasteiger partial charge in [0.15, 0.2) is 0 Å². The lowest BCUT2D eigenvalue weighted by Gasteiger charge is -2.26. The molecule has 4 atom stereocenters. The summed E-state index contributed by atoms with van der Waals surface area (Å²) in [6, 6.07) is 6.85. The van der Waals surface area contributed by atoms with E-state index in [4.69, 9.17) is 0 Å². The van der Waals surface area contributed by atoms with Gasteiger partial charge in [0.1, 0.15) is 5.82 Å². The van der Waals surface area contributed by atoms with Crippen molar-refractivity contribution in [2.75, 3.05) is 13.1 Å². The van der Waals surface area contributed by atoms with Gasteiger partial charge >= 0.3 is 0 Å². The minimum Gasteiger partial charge on any atom is -0.387 e. The zero-order valence-electron chi connectivity index (χ0n) is 13.2. The van der Waals surface area contributed by atoms with E-state index in [0.717, 1.165) is 31.8 Å². The molecule has 0 radical (unpaired) electrons. The summed E-state index contributed by atoms with van der Waals surface area (Å²) in [7, 11) is 0.